The average molecular weight is 390 g/mol. The minimum atomic E-state index is -0.310. The monoisotopic (exact) mass is 390 g/mol. The number of aromatic nitrogens is 2. The Morgan fingerprint density at radius 3 is 2.55 bits per heavy atom. The van der Waals surface area contributed by atoms with Gasteiger partial charge in [0.1, 0.15) is 11.8 Å². The summed E-state index contributed by atoms with van der Waals surface area (Å²) >= 11 is 0. The van der Waals surface area contributed by atoms with Crippen molar-refractivity contribution in [2.24, 2.45) is 5.92 Å². The van der Waals surface area contributed by atoms with Crippen molar-refractivity contribution in [1.29, 1.82) is 5.26 Å². The molecule has 1 atom stereocenters. The van der Waals surface area contributed by atoms with Crippen LogP contribution in [0, 0.1) is 24.2 Å². The zero-order valence-corrected chi connectivity index (χ0v) is 16.3. The van der Waals surface area contributed by atoms with Crippen molar-refractivity contribution in [3.05, 3.63) is 47.8 Å². The molecular formula is C21H22N6O2. The molecule has 1 aromatic heterocycles. The van der Waals surface area contributed by atoms with E-state index in [0.29, 0.717) is 44.4 Å². The fraction of sp³-hybridized carbons (Fsp3) is 0.381. The molecular weight excluding hydrogens is 368 g/mol. The second-order valence-electron chi connectivity index (χ2n) is 7.36. The summed E-state index contributed by atoms with van der Waals surface area (Å²) in [7, 11) is 0. The molecule has 148 valence electrons. The zero-order valence-electron chi connectivity index (χ0n) is 16.3. The van der Waals surface area contributed by atoms with Crippen molar-refractivity contribution in [2.75, 3.05) is 42.5 Å². The van der Waals surface area contributed by atoms with Crippen LogP contribution >= 0.6 is 0 Å². The van der Waals surface area contributed by atoms with Crippen LogP contribution < -0.4 is 9.80 Å². The summed E-state index contributed by atoms with van der Waals surface area (Å²) in [4.78, 5) is 39.6. The van der Waals surface area contributed by atoms with E-state index in [1.165, 1.54) is 0 Å². The van der Waals surface area contributed by atoms with E-state index < -0.39 is 0 Å². The molecule has 29 heavy (non-hydrogen) atoms. The van der Waals surface area contributed by atoms with Gasteiger partial charge in [-0.05, 0) is 25.1 Å². The van der Waals surface area contributed by atoms with Crippen LogP contribution in [0.3, 0.4) is 0 Å². The van der Waals surface area contributed by atoms with Gasteiger partial charge < -0.3 is 14.7 Å². The van der Waals surface area contributed by atoms with Gasteiger partial charge >= 0.3 is 0 Å². The Bertz CT molecular complexity index is 963. The van der Waals surface area contributed by atoms with E-state index in [9.17, 15) is 9.59 Å². The number of rotatable bonds is 3. The molecule has 2 saturated heterocycles. The number of benzene rings is 1. The van der Waals surface area contributed by atoms with E-state index >= 15 is 0 Å². The van der Waals surface area contributed by atoms with Gasteiger partial charge in [-0.1, -0.05) is 18.2 Å². The fourth-order valence-electron chi connectivity index (χ4n) is 3.87. The van der Waals surface area contributed by atoms with Gasteiger partial charge in [0.15, 0.2) is 0 Å². The first-order valence-electron chi connectivity index (χ1n) is 9.70. The second kappa shape index (κ2) is 7.87. The molecule has 2 aliphatic heterocycles. The molecule has 0 aliphatic carbocycles. The van der Waals surface area contributed by atoms with Crippen LogP contribution in [-0.4, -0.2) is 59.4 Å². The lowest BCUT2D eigenvalue weighted by atomic mass is 10.1. The first-order chi connectivity index (χ1) is 14.0. The van der Waals surface area contributed by atoms with Crippen LogP contribution in [0.1, 0.15) is 17.8 Å². The summed E-state index contributed by atoms with van der Waals surface area (Å²) in [5.41, 5.74) is 1.93. The third-order valence-corrected chi connectivity index (χ3v) is 5.37. The van der Waals surface area contributed by atoms with Crippen LogP contribution in [0.2, 0.25) is 0 Å². The Balaban J connectivity index is 1.38. The van der Waals surface area contributed by atoms with Crippen molar-refractivity contribution in [3.8, 4) is 6.07 Å². The van der Waals surface area contributed by atoms with E-state index in [4.69, 9.17) is 5.26 Å². The van der Waals surface area contributed by atoms with Crippen molar-refractivity contribution in [2.45, 2.75) is 13.3 Å². The van der Waals surface area contributed by atoms with Crippen molar-refractivity contribution < 1.29 is 9.59 Å². The lowest BCUT2D eigenvalue weighted by Gasteiger charge is -2.36. The van der Waals surface area contributed by atoms with Crippen LogP contribution in [0.4, 0.5) is 11.6 Å². The number of aryl methyl sites for hydroxylation is 1. The standard InChI is InChI=1S/C21H22N6O2/c1-15-11-17(13-22)24-21(23-15)26-9-7-25(8-10-26)20(29)16-12-19(28)27(14-16)18-5-3-2-4-6-18/h2-6,11,16H,7-10,12,14H2,1H3. The van der Waals surface area contributed by atoms with Gasteiger partial charge in [-0.25, -0.2) is 9.97 Å². The number of para-hydroxylation sites is 1. The summed E-state index contributed by atoms with van der Waals surface area (Å²) in [6.07, 6.45) is 0.250. The van der Waals surface area contributed by atoms with Crippen LogP contribution in [0.25, 0.3) is 0 Å². The molecule has 0 N–H and O–H groups in total. The van der Waals surface area contributed by atoms with Gasteiger partial charge in [-0.15, -0.1) is 0 Å². The maximum absolute atomic E-state index is 13.0. The summed E-state index contributed by atoms with van der Waals surface area (Å²) in [6.45, 7) is 4.56. The molecule has 0 radical (unpaired) electrons. The highest BCUT2D eigenvalue weighted by Gasteiger charge is 2.38. The first kappa shape index (κ1) is 18.9. The molecule has 0 spiro atoms. The predicted molar refractivity (Wildman–Crippen MR) is 107 cm³/mol. The molecule has 1 aromatic carbocycles. The number of nitriles is 1. The Labute approximate surface area is 169 Å². The Kier molecular flexibility index (Phi) is 5.12. The Morgan fingerprint density at radius 2 is 1.86 bits per heavy atom. The fourth-order valence-corrected chi connectivity index (χ4v) is 3.87. The maximum atomic E-state index is 13.0. The molecule has 2 aromatic rings. The van der Waals surface area contributed by atoms with Gasteiger partial charge in [0.05, 0.1) is 5.92 Å². The molecule has 2 amide bonds. The molecule has 0 saturated carbocycles. The van der Waals surface area contributed by atoms with E-state index in [0.717, 1.165) is 11.4 Å². The molecule has 0 bridgehead atoms. The number of anilines is 2. The molecule has 2 fully saturated rings. The number of piperazine rings is 1. The van der Waals surface area contributed by atoms with Crippen LogP contribution in [-0.2, 0) is 9.59 Å². The average Bonchev–Trinajstić information content (AvgIpc) is 3.15. The largest absolute Gasteiger partial charge is 0.339 e. The van der Waals surface area contributed by atoms with Gasteiger partial charge in [-0.3, -0.25) is 9.59 Å². The van der Waals surface area contributed by atoms with E-state index in [-0.39, 0.29) is 24.2 Å². The van der Waals surface area contributed by atoms with Gasteiger partial charge in [0.2, 0.25) is 17.8 Å². The molecule has 2 aliphatic rings. The predicted octanol–water partition coefficient (Wildman–Crippen LogP) is 1.36. The van der Waals surface area contributed by atoms with Crippen molar-refractivity contribution in [3.63, 3.8) is 0 Å². The summed E-state index contributed by atoms with van der Waals surface area (Å²) in [5.74, 6) is 0.235. The SMILES string of the molecule is Cc1cc(C#N)nc(N2CCN(C(=O)C3CC(=O)N(c4ccccc4)C3)CC2)n1. The lowest BCUT2D eigenvalue weighted by molar-refractivity contribution is -0.136. The van der Waals surface area contributed by atoms with Crippen LogP contribution in [0.5, 0.6) is 0 Å². The third-order valence-electron chi connectivity index (χ3n) is 5.37. The van der Waals surface area contributed by atoms with E-state index in [1.807, 2.05) is 47.1 Å². The number of amides is 2. The number of nitrogens with zero attached hydrogens (tertiary/aromatic N) is 6. The highest BCUT2D eigenvalue weighted by atomic mass is 16.2. The smallest absolute Gasteiger partial charge is 0.228 e. The maximum Gasteiger partial charge on any atom is 0.228 e. The van der Waals surface area contributed by atoms with Gasteiger partial charge in [0.25, 0.3) is 0 Å². The number of hydrogen-bond donors (Lipinski definition) is 0. The minimum Gasteiger partial charge on any atom is -0.339 e. The molecule has 1 unspecified atom stereocenters. The Hall–Kier alpha value is -3.47. The van der Waals surface area contributed by atoms with Crippen molar-refractivity contribution in [1.82, 2.24) is 14.9 Å². The van der Waals surface area contributed by atoms with Gasteiger partial charge in [-0.2, -0.15) is 5.26 Å². The highest BCUT2D eigenvalue weighted by Crippen LogP contribution is 2.26. The summed E-state index contributed by atoms with van der Waals surface area (Å²) in [6, 6.07) is 13.2. The van der Waals surface area contributed by atoms with E-state index in [1.54, 1.807) is 11.0 Å². The number of carbonyl (C=O) groups is 2. The summed E-state index contributed by atoms with van der Waals surface area (Å²) in [5, 5.41) is 9.10. The second-order valence-corrected chi connectivity index (χ2v) is 7.36. The highest BCUT2D eigenvalue weighted by molar-refractivity contribution is 6.00. The first-order valence-corrected chi connectivity index (χ1v) is 9.70. The summed E-state index contributed by atoms with van der Waals surface area (Å²) < 4.78 is 0. The number of hydrogen-bond acceptors (Lipinski definition) is 6. The van der Waals surface area contributed by atoms with E-state index in [2.05, 4.69) is 16.0 Å². The molecule has 3 heterocycles. The topological polar surface area (TPSA) is 93.4 Å². The lowest BCUT2D eigenvalue weighted by Crippen LogP contribution is -2.51. The number of carbonyl (C=O) groups excluding carboxylic acids is 2. The molecule has 8 heteroatoms. The molecule has 8 nitrogen and oxygen atoms in total. The third kappa shape index (κ3) is 3.90. The zero-order chi connectivity index (χ0) is 20.4. The normalized spacial score (nSPS) is 19.4. The quantitative estimate of drug-likeness (QED) is 0.786. The minimum absolute atomic E-state index is 0.00891. The molecule has 4 rings (SSSR count). The van der Waals surface area contributed by atoms with Crippen LogP contribution in [0.15, 0.2) is 36.4 Å². The van der Waals surface area contributed by atoms with Gasteiger partial charge in [0, 0.05) is 50.5 Å². The van der Waals surface area contributed by atoms with Crippen molar-refractivity contribution >= 4 is 23.5 Å². The Morgan fingerprint density at radius 1 is 1.14 bits per heavy atom.